The second kappa shape index (κ2) is 7.08. The molecule has 0 saturated carbocycles. The first-order chi connectivity index (χ1) is 15.7. The number of halogens is 1. The van der Waals surface area contributed by atoms with Crippen LogP contribution >= 0.6 is 0 Å². The van der Waals surface area contributed by atoms with Crippen LogP contribution in [-0.2, 0) is 6.42 Å². The molecule has 0 aliphatic carbocycles. The van der Waals surface area contributed by atoms with Gasteiger partial charge < -0.3 is 14.3 Å². The lowest BCUT2D eigenvalue weighted by Gasteiger charge is -2.33. The summed E-state index contributed by atoms with van der Waals surface area (Å²) in [6, 6.07) is 3.97. The first-order valence-electron chi connectivity index (χ1n) is 9.88. The SMILES string of the molecule is O=C(c1cnc(-c2cnccn2)o1)N1CCc2[nH]cnc2[C@H]1c1cc2c(F)cccn2n1. The Morgan fingerprint density at radius 3 is 3.00 bits per heavy atom. The summed E-state index contributed by atoms with van der Waals surface area (Å²) in [6.45, 7) is 0.399. The zero-order chi connectivity index (χ0) is 21.7. The maximum atomic E-state index is 14.3. The van der Waals surface area contributed by atoms with Crippen LogP contribution in [0.2, 0.25) is 0 Å². The number of fused-ring (bicyclic) bond motifs is 2. The molecule has 0 saturated heterocycles. The molecule has 0 aromatic carbocycles. The zero-order valence-corrected chi connectivity index (χ0v) is 16.5. The van der Waals surface area contributed by atoms with Crippen LogP contribution in [0.15, 0.2) is 59.9 Å². The summed E-state index contributed by atoms with van der Waals surface area (Å²) in [4.78, 5) is 34.9. The van der Waals surface area contributed by atoms with E-state index in [1.165, 1.54) is 35.4 Å². The zero-order valence-electron chi connectivity index (χ0n) is 16.5. The van der Waals surface area contributed by atoms with Gasteiger partial charge in [-0.3, -0.25) is 9.78 Å². The number of hydrogen-bond donors (Lipinski definition) is 1. The van der Waals surface area contributed by atoms with Gasteiger partial charge in [-0.2, -0.15) is 5.10 Å². The van der Waals surface area contributed by atoms with Crippen molar-refractivity contribution in [3.63, 3.8) is 0 Å². The van der Waals surface area contributed by atoms with E-state index in [9.17, 15) is 9.18 Å². The summed E-state index contributed by atoms with van der Waals surface area (Å²) < 4.78 is 21.4. The lowest BCUT2D eigenvalue weighted by atomic mass is 9.99. The maximum Gasteiger partial charge on any atom is 0.292 e. The number of pyridine rings is 1. The predicted molar refractivity (Wildman–Crippen MR) is 108 cm³/mol. The third kappa shape index (κ3) is 2.86. The van der Waals surface area contributed by atoms with Gasteiger partial charge >= 0.3 is 0 Å². The molecule has 11 heteroatoms. The monoisotopic (exact) mass is 430 g/mol. The van der Waals surface area contributed by atoms with Crippen molar-refractivity contribution < 1.29 is 13.6 Å². The molecule has 1 atom stereocenters. The Morgan fingerprint density at radius 2 is 2.16 bits per heavy atom. The molecule has 1 aliphatic rings. The molecular formula is C21H15FN8O2. The van der Waals surface area contributed by atoms with Gasteiger partial charge in [0, 0.05) is 37.3 Å². The fraction of sp³-hybridized carbons (Fsp3) is 0.143. The third-order valence-electron chi connectivity index (χ3n) is 5.43. The molecule has 32 heavy (non-hydrogen) atoms. The van der Waals surface area contributed by atoms with E-state index in [2.05, 4.69) is 30.0 Å². The van der Waals surface area contributed by atoms with Crippen molar-refractivity contribution in [2.45, 2.75) is 12.5 Å². The Labute approximate surface area is 179 Å². The number of amides is 1. The van der Waals surface area contributed by atoms with E-state index >= 15 is 0 Å². The highest BCUT2D eigenvalue weighted by Gasteiger charge is 2.37. The molecule has 0 fully saturated rings. The second-order valence-corrected chi connectivity index (χ2v) is 7.29. The topological polar surface area (TPSA) is 118 Å². The largest absolute Gasteiger partial charge is 0.429 e. The van der Waals surface area contributed by atoms with Crippen LogP contribution in [0.3, 0.4) is 0 Å². The van der Waals surface area contributed by atoms with Crippen molar-refractivity contribution in [1.82, 2.24) is 39.4 Å². The Bertz CT molecular complexity index is 1440. The summed E-state index contributed by atoms with van der Waals surface area (Å²) >= 11 is 0. The fourth-order valence-electron chi connectivity index (χ4n) is 3.97. The molecule has 158 valence electrons. The summed E-state index contributed by atoms with van der Waals surface area (Å²) in [7, 11) is 0. The number of hydrogen-bond acceptors (Lipinski definition) is 7. The standard InChI is InChI=1S/C21H15FN8O2/c22-12-2-1-6-30-16(12)8-14(28-30)19-18-13(26-11-27-18)3-7-29(19)21(31)17-10-25-20(32-17)15-9-23-4-5-24-15/h1-2,4-6,8-11,19H,3,7H2,(H,26,27)/t19-/m1/s1. The van der Waals surface area contributed by atoms with Gasteiger partial charge in [0.1, 0.15) is 23.1 Å². The number of aromatic amines is 1. The van der Waals surface area contributed by atoms with Crippen molar-refractivity contribution in [2.24, 2.45) is 0 Å². The Hall–Kier alpha value is -4.41. The van der Waals surface area contributed by atoms with Gasteiger partial charge in [-0.1, -0.05) is 0 Å². The van der Waals surface area contributed by atoms with Crippen LogP contribution in [0.4, 0.5) is 4.39 Å². The van der Waals surface area contributed by atoms with E-state index < -0.39 is 11.9 Å². The summed E-state index contributed by atoms with van der Waals surface area (Å²) in [6.07, 6.45) is 9.76. The molecule has 0 radical (unpaired) electrons. The fourth-order valence-corrected chi connectivity index (χ4v) is 3.97. The quantitative estimate of drug-likeness (QED) is 0.467. The molecule has 1 amide bonds. The Morgan fingerprint density at radius 1 is 1.22 bits per heavy atom. The molecule has 5 aromatic rings. The van der Waals surface area contributed by atoms with E-state index in [1.54, 1.807) is 29.6 Å². The van der Waals surface area contributed by atoms with Crippen LogP contribution < -0.4 is 0 Å². The van der Waals surface area contributed by atoms with Crippen molar-refractivity contribution in [3.05, 3.63) is 84.2 Å². The molecule has 10 nitrogen and oxygen atoms in total. The van der Waals surface area contributed by atoms with Gasteiger partial charge in [-0.25, -0.2) is 23.9 Å². The minimum absolute atomic E-state index is 0.0598. The molecule has 1 N–H and O–H groups in total. The lowest BCUT2D eigenvalue weighted by molar-refractivity contribution is 0.0655. The lowest BCUT2D eigenvalue weighted by Crippen LogP contribution is -2.40. The predicted octanol–water partition coefficient (Wildman–Crippen LogP) is 2.43. The highest BCUT2D eigenvalue weighted by molar-refractivity contribution is 5.92. The van der Waals surface area contributed by atoms with Crippen LogP contribution in [0, 0.1) is 5.82 Å². The number of oxazole rings is 1. The van der Waals surface area contributed by atoms with E-state index in [0.717, 1.165) is 5.69 Å². The first kappa shape index (κ1) is 18.4. The number of carbonyl (C=O) groups excluding carboxylic acids is 1. The number of rotatable bonds is 3. The Balaban J connectivity index is 1.41. The highest BCUT2D eigenvalue weighted by atomic mass is 19.1. The highest BCUT2D eigenvalue weighted by Crippen LogP contribution is 2.34. The average Bonchev–Trinajstić information content (AvgIpc) is 3.58. The summed E-state index contributed by atoms with van der Waals surface area (Å²) in [5.74, 6) is -0.510. The maximum absolute atomic E-state index is 14.3. The minimum atomic E-state index is -0.609. The second-order valence-electron chi connectivity index (χ2n) is 7.29. The van der Waals surface area contributed by atoms with E-state index in [4.69, 9.17) is 4.42 Å². The van der Waals surface area contributed by atoms with Crippen molar-refractivity contribution in [2.75, 3.05) is 6.54 Å². The molecule has 0 unspecified atom stereocenters. The van der Waals surface area contributed by atoms with Gasteiger partial charge in [-0.05, 0) is 18.2 Å². The smallest absolute Gasteiger partial charge is 0.292 e. The molecular weight excluding hydrogens is 415 g/mol. The van der Waals surface area contributed by atoms with Gasteiger partial charge in [0.25, 0.3) is 5.91 Å². The molecule has 0 spiro atoms. The normalized spacial score (nSPS) is 15.8. The summed E-state index contributed by atoms with van der Waals surface area (Å²) in [5.41, 5.74) is 2.83. The van der Waals surface area contributed by atoms with Crippen LogP contribution in [0.1, 0.15) is 33.7 Å². The van der Waals surface area contributed by atoms with Gasteiger partial charge in [0.05, 0.1) is 30.1 Å². The van der Waals surface area contributed by atoms with Crippen LogP contribution in [0.25, 0.3) is 17.1 Å². The number of imidazole rings is 1. The molecule has 6 heterocycles. The number of nitrogens with zero attached hydrogens (tertiary/aromatic N) is 7. The van der Waals surface area contributed by atoms with Gasteiger partial charge in [-0.15, -0.1) is 0 Å². The van der Waals surface area contributed by atoms with Gasteiger partial charge in [0.2, 0.25) is 11.7 Å². The first-order valence-corrected chi connectivity index (χ1v) is 9.88. The summed E-state index contributed by atoms with van der Waals surface area (Å²) in [5, 5.41) is 4.52. The molecule has 6 rings (SSSR count). The van der Waals surface area contributed by atoms with Crippen LogP contribution in [-0.4, -0.2) is 51.9 Å². The van der Waals surface area contributed by atoms with Crippen molar-refractivity contribution in [1.29, 1.82) is 0 Å². The van der Waals surface area contributed by atoms with E-state index in [0.29, 0.717) is 35.6 Å². The van der Waals surface area contributed by atoms with Gasteiger partial charge in [0.15, 0.2) is 0 Å². The minimum Gasteiger partial charge on any atom is -0.429 e. The Kier molecular flexibility index (Phi) is 4.06. The third-order valence-corrected chi connectivity index (χ3v) is 5.43. The molecule has 0 bridgehead atoms. The number of nitrogens with one attached hydrogen (secondary N) is 1. The van der Waals surface area contributed by atoms with Crippen molar-refractivity contribution >= 4 is 11.4 Å². The number of H-pyrrole nitrogens is 1. The number of carbonyl (C=O) groups is 1. The molecule has 1 aliphatic heterocycles. The number of aromatic nitrogens is 7. The van der Waals surface area contributed by atoms with Crippen molar-refractivity contribution in [3.8, 4) is 11.6 Å². The van der Waals surface area contributed by atoms with E-state index in [1.807, 2.05) is 0 Å². The average molecular weight is 430 g/mol. The molecule has 5 aromatic heterocycles. The van der Waals surface area contributed by atoms with Crippen LogP contribution in [0.5, 0.6) is 0 Å². The van der Waals surface area contributed by atoms with E-state index in [-0.39, 0.29) is 17.6 Å².